The lowest BCUT2D eigenvalue weighted by molar-refractivity contribution is 0.102. The van der Waals surface area contributed by atoms with Gasteiger partial charge in [-0.15, -0.1) is 0 Å². The lowest BCUT2D eigenvalue weighted by Crippen LogP contribution is -2.14. The van der Waals surface area contributed by atoms with Crippen LogP contribution in [-0.4, -0.2) is 5.91 Å². The molecule has 0 aliphatic heterocycles. The maximum Gasteiger partial charge on any atom is 0.255 e. The summed E-state index contributed by atoms with van der Waals surface area (Å²) in [6.07, 6.45) is 0. The van der Waals surface area contributed by atoms with E-state index in [1.54, 1.807) is 0 Å². The van der Waals surface area contributed by atoms with Gasteiger partial charge in [-0.25, -0.2) is 0 Å². The van der Waals surface area contributed by atoms with E-state index in [4.69, 9.17) is 0 Å². The van der Waals surface area contributed by atoms with E-state index in [9.17, 15) is 4.79 Å². The van der Waals surface area contributed by atoms with Gasteiger partial charge in [0.15, 0.2) is 0 Å². The molecule has 0 fully saturated rings. The van der Waals surface area contributed by atoms with Crippen molar-refractivity contribution in [3.8, 4) is 0 Å². The number of nitrogens with one attached hydrogen (secondary N) is 1. The average Bonchev–Trinajstić information content (AvgIpc) is 2.40. The third-order valence-corrected chi connectivity index (χ3v) is 3.32. The molecule has 104 valence electrons. The van der Waals surface area contributed by atoms with Crippen LogP contribution in [0.2, 0.25) is 0 Å². The second kappa shape index (κ2) is 5.49. The van der Waals surface area contributed by atoms with Crippen LogP contribution in [0.3, 0.4) is 0 Å². The first-order chi connectivity index (χ1) is 9.36. The van der Waals surface area contributed by atoms with Crippen LogP contribution in [0.4, 0.5) is 5.69 Å². The Morgan fingerprint density at radius 2 is 1.45 bits per heavy atom. The van der Waals surface area contributed by atoms with Gasteiger partial charge in [0, 0.05) is 11.3 Å². The summed E-state index contributed by atoms with van der Waals surface area (Å²) in [5.74, 6) is -0.0747. The fourth-order valence-corrected chi connectivity index (χ4v) is 1.96. The van der Waals surface area contributed by atoms with E-state index in [0.29, 0.717) is 5.56 Å². The van der Waals surface area contributed by atoms with Gasteiger partial charge in [-0.05, 0) is 42.2 Å². The number of rotatable bonds is 2. The van der Waals surface area contributed by atoms with Crippen molar-refractivity contribution in [2.75, 3.05) is 5.32 Å². The smallest absolute Gasteiger partial charge is 0.255 e. The number of amides is 1. The molecule has 0 saturated carbocycles. The van der Waals surface area contributed by atoms with Gasteiger partial charge in [0.05, 0.1) is 0 Å². The molecule has 20 heavy (non-hydrogen) atoms. The summed E-state index contributed by atoms with van der Waals surface area (Å²) in [7, 11) is 0. The van der Waals surface area contributed by atoms with Gasteiger partial charge in [0.2, 0.25) is 0 Å². The first-order valence-corrected chi connectivity index (χ1v) is 6.85. The summed E-state index contributed by atoms with van der Waals surface area (Å²) in [4.78, 5) is 12.1. The second-order valence-electron chi connectivity index (χ2n) is 6.15. The topological polar surface area (TPSA) is 29.1 Å². The quantitative estimate of drug-likeness (QED) is 0.850. The highest BCUT2D eigenvalue weighted by atomic mass is 16.1. The minimum Gasteiger partial charge on any atom is -0.322 e. The third-order valence-electron chi connectivity index (χ3n) is 3.32. The summed E-state index contributed by atoms with van der Waals surface area (Å²) in [5, 5.41) is 2.90. The van der Waals surface area contributed by atoms with E-state index in [1.807, 2.05) is 55.5 Å². The van der Waals surface area contributed by atoms with Gasteiger partial charge in [-0.2, -0.15) is 0 Å². The van der Waals surface area contributed by atoms with Crippen molar-refractivity contribution in [3.05, 3.63) is 65.2 Å². The van der Waals surface area contributed by atoms with Crippen LogP contribution >= 0.6 is 0 Å². The number of anilines is 1. The summed E-state index contributed by atoms with van der Waals surface area (Å²) >= 11 is 0. The lowest BCUT2D eigenvalue weighted by Gasteiger charge is -2.19. The summed E-state index contributed by atoms with van der Waals surface area (Å²) < 4.78 is 0. The largest absolute Gasteiger partial charge is 0.322 e. The normalized spacial score (nSPS) is 11.2. The molecule has 0 aromatic heterocycles. The number of hydrogen-bond acceptors (Lipinski definition) is 1. The van der Waals surface area contributed by atoms with Gasteiger partial charge in [-0.1, -0.05) is 50.6 Å². The zero-order chi connectivity index (χ0) is 14.8. The molecule has 1 amide bonds. The Bertz CT molecular complexity index is 589. The van der Waals surface area contributed by atoms with E-state index in [-0.39, 0.29) is 11.3 Å². The molecule has 0 radical (unpaired) electrons. The van der Waals surface area contributed by atoms with Crippen molar-refractivity contribution in [2.45, 2.75) is 33.1 Å². The van der Waals surface area contributed by atoms with Crippen LogP contribution in [-0.2, 0) is 5.41 Å². The first kappa shape index (κ1) is 14.3. The Kier molecular flexibility index (Phi) is 3.93. The average molecular weight is 267 g/mol. The van der Waals surface area contributed by atoms with Gasteiger partial charge in [-0.3, -0.25) is 4.79 Å². The maximum absolute atomic E-state index is 12.1. The maximum atomic E-state index is 12.1. The Morgan fingerprint density at radius 1 is 0.900 bits per heavy atom. The minimum absolute atomic E-state index is 0.0747. The van der Waals surface area contributed by atoms with Crippen molar-refractivity contribution < 1.29 is 4.79 Å². The molecule has 0 bridgehead atoms. The molecule has 0 spiro atoms. The Labute approximate surface area is 120 Å². The molecule has 0 saturated heterocycles. The van der Waals surface area contributed by atoms with Crippen molar-refractivity contribution in [2.24, 2.45) is 0 Å². The van der Waals surface area contributed by atoms with E-state index < -0.39 is 0 Å². The molecule has 2 aromatic carbocycles. The SMILES string of the molecule is Cc1ccc(NC(=O)c2ccc(C(C)(C)C)cc2)cc1. The number of hydrogen-bond donors (Lipinski definition) is 1. The summed E-state index contributed by atoms with van der Waals surface area (Å²) in [5.41, 5.74) is 4.01. The van der Waals surface area contributed by atoms with E-state index in [1.165, 1.54) is 11.1 Å². The predicted molar refractivity (Wildman–Crippen MR) is 84.3 cm³/mol. The number of carbonyl (C=O) groups is 1. The predicted octanol–water partition coefficient (Wildman–Crippen LogP) is 4.54. The number of carbonyl (C=O) groups excluding carboxylic acids is 1. The molecule has 0 atom stereocenters. The zero-order valence-corrected chi connectivity index (χ0v) is 12.5. The van der Waals surface area contributed by atoms with Crippen molar-refractivity contribution >= 4 is 11.6 Å². The molecular formula is C18H21NO. The molecule has 0 heterocycles. The molecule has 0 aliphatic carbocycles. The lowest BCUT2D eigenvalue weighted by atomic mass is 9.87. The minimum atomic E-state index is -0.0747. The van der Waals surface area contributed by atoms with E-state index >= 15 is 0 Å². The van der Waals surface area contributed by atoms with Gasteiger partial charge >= 0.3 is 0 Å². The second-order valence-corrected chi connectivity index (χ2v) is 6.15. The van der Waals surface area contributed by atoms with Crippen LogP contribution in [0.1, 0.15) is 42.3 Å². The highest BCUT2D eigenvalue weighted by Gasteiger charge is 2.14. The van der Waals surface area contributed by atoms with Crippen molar-refractivity contribution in [3.63, 3.8) is 0 Å². The molecule has 2 nitrogen and oxygen atoms in total. The van der Waals surface area contributed by atoms with Gasteiger partial charge in [0.1, 0.15) is 0 Å². The fourth-order valence-electron chi connectivity index (χ4n) is 1.96. The van der Waals surface area contributed by atoms with Crippen LogP contribution in [0.15, 0.2) is 48.5 Å². The summed E-state index contributed by atoms with van der Waals surface area (Å²) in [6.45, 7) is 8.51. The van der Waals surface area contributed by atoms with Crippen LogP contribution in [0, 0.1) is 6.92 Å². The molecule has 2 heteroatoms. The Morgan fingerprint density at radius 3 is 1.95 bits per heavy atom. The number of benzene rings is 2. The molecule has 0 aliphatic rings. The molecule has 1 N–H and O–H groups in total. The Balaban J connectivity index is 2.11. The third kappa shape index (κ3) is 3.47. The number of aryl methyl sites for hydroxylation is 1. The Hall–Kier alpha value is -2.09. The molecule has 2 aromatic rings. The van der Waals surface area contributed by atoms with E-state index in [0.717, 1.165) is 5.69 Å². The fraction of sp³-hybridized carbons (Fsp3) is 0.278. The molecule has 0 unspecified atom stereocenters. The van der Waals surface area contributed by atoms with Crippen LogP contribution < -0.4 is 5.32 Å². The van der Waals surface area contributed by atoms with Crippen LogP contribution in [0.5, 0.6) is 0 Å². The molecule has 2 rings (SSSR count). The highest BCUT2D eigenvalue weighted by molar-refractivity contribution is 6.04. The first-order valence-electron chi connectivity index (χ1n) is 6.85. The molecular weight excluding hydrogens is 246 g/mol. The van der Waals surface area contributed by atoms with Gasteiger partial charge in [0.25, 0.3) is 5.91 Å². The van der Waals surface area contributed by atoms with Gasteiger partial charge < -0.3 is 5.32 Å². The summed E-state index contributed by atoms with van der Waals surface area (Å²) in [6, 6.07) is 15.6. The zero-order valence-electron chi connectivity index (χ0n) is 12.5. The highest BCUT2D eigenvalue weighted by Crippen LogP contribution is 2.22. The van der Waals surface area contributed by atoms with Crippen LogP contribution in [0.25, 0.3) is 0 Å². The monoisotopic (exact) mass is 267 g/mol. The van der Waals surface area contributed by atoms with Crippen molar-refractivity contribution in [1.29, 1.82) is 0 Å². The van der Waals surface area contributed by atoms with Crippen molar-refractivity contribution in [1.82, 2.24) is 0 Å². The standard InChI is InChI=1S/C18H21NO/c1-13-5-11-16(12-6-13)19-17(20)14-7-9-15(10-8-14)18(2,3)4/h5-12H,1-4H3,(H,19,20). The van der Waals surface area contributed by atoms with E-state index in [2.05, 4.69) is 26.1 Å².